The molecule has 3 aliphatic heterocycles. The van der Waals surface area contributed by atoms with Crippen LogP contribution < -0.4 is 26.6 Å². The number of amides is 5. The summed E-state index contributed by atoms with van der Waals surface area (Å²) in [5, 5.41) is 104. The molecule has 3 heterocycles. The third-order valence-electron chi connectivity index (χ3n) is 17.1. The number of hydrogen-bond acceptors (Lipinski definition) is 30. The number of hydrogen-bond donors (Lipinski definition) is 14. The summed E-state index contributed by atoms with van der Waals surface area (Å²) in [4.78, 5) is 103. The molecule has 3 rings (SSSR count). The number of rotatable bonds is 60. The zero-order chi connectivity index (χ0) is 78.7. The van der Waals surface area contributed by atoms with Crippen molar-refractivity contribution >= 4 is 46.9 Å². The van der Waals surface area contributed by atoms with Gasteiger partial charge in [0.2, 0.25) is 29.5 Å². The molecule has 0 radical (unpaired) electrons. The van der Waals surface area contributed by atoms with E-state index in [2.05, 4.69) is 47.4 Å². The van der Waals surface area contributed by atoms with E-state index >= 15 is 0 Å². The summed E-state index contributed by atoms with van der Waals surface area (Å²) in [6, 6.07) is -3.32. The predicted octanol–water partition coefficient (Wildman–Crippen LogP) is -1.63. The Morgan fingerprint density at radius 1 is 0.368 bits per heavy atom. The molecule has 35 nitrogen and oxygen atoms in total. The van der Waals surface area contributed by atoms with Gasteiger partial charge in [-0.25, -0.2) is 0 Å². The topological polar surface area (TPSA) is 499 Å². The summed E-state index contributed by atoms with van der Waals surface area (Å²) in [5.74, 6) is -1.74. The molecule has 0 aromatic carbocycles. The third-order valence-corrected chi connectivity index (χ3v) is 17.1. The number of nitrogens with one attached hydrogen (secondary N) is 5. The highest BCUT2D eigenvalue weighted by atomic mass is 16.7. The Bertz CT molecular complexity index is 2200. The van der Waals surface area contributed by atoms with Crippen LogP contribution >= 0.6 is 0 Å². The van der Waals surface area contributed by atoms with Crippen LogP contribution in [-0.2, 0) is 99.9 Å². The number of carbonyl (C=O) groups is 8. The predicted molar refractivity (Wildman–Crippen MR) is 378 cm³/mol. The van der Waals surface area contributed by atoms with Crippen molar-refractivity contribution in [3.8, 4) is 0 Å². The van der Waals surface area contributed by atoms with Crippen LogP contribution in [0.3, 0.4) is 0 Å². The van der Waals surface area contributed by atoms with E-state index in [0.29, 0.717) is 25.9 Å². The fourth-order valence-electron chi connectivity index (χ4n) is 11.5. The van der Waals surface area contributed by atoms with Crippen molar-refractivity contribution in [1.82, 2.24) is 26.6 Å². The fraction of sp³-hybridized carbons (Fsp3) is 0.887. The molecule has 15 unspecified atom stereocenters. The number of ketones is 3. The second-order valence-electron chi connectivity index (χ2n) is 27.2. The molecule has 106 heavy (non-hydrogen) atoms. The van der Waals surface area contributed by atoms with Gasteiger partial charge in [-0.3, -0.25) is 38.4 Å². The molecular formula is C71H129N5O30. The maximum atomic E-state index is 14.0. The quantitative estimate of drug-likeness (QED) is 0.0304. The van der Waals surface area contributed by atoms with Gasteiger partial charge in [0.05, 0.1) is 106 Å². The van der Waals surface area contributed by atoms with E-state index < -0.39 is 147 Å². The van der Waals surface area contributed by atoms with Crippen LogP contribution in [0.15, 0.2) is 0 Å². The molecule has 14 N–H and O–H groups in total. The number of methoxy groups -OCH3 is 1. The van der Waals surface area contributed by atoms with Gasteiger partial charge >= 0.3 is 0 Å². The lowest BCUT2D eigenvalue weighted by molar-refractivity contribution is -0.272. The molecule has 0 aliphatic carbocycles. The zero-order valence-electron chi connectivity index (χ0n) is 63.4. The lowest BCUT2D eigenvalue weighted by atomic mass is 9.81. The smallest absolute Gasteiger partial charge is 0.220 e. The number of ether oxygens (including phenoxy) is 13. The van der Waals surface area contributed by atoms with Crippen LogP contribution in [0.1, 0.15) is 164 Å². The molecule has 0 spiro atoms. The van der Waals surface area contributed by atoms with E-state index in [9.17, 15) is 84.3 Å². The Morgan fingerprint density at radius 2 is 0.689 bits per heavy atom. The van der Waals surface area contributed by atoms with E-state index in [4.69, 9.17) is 61.6 Å². The Morgan fingerprint density at radius 3 is 1.07 bits per heavy atom. The highest BCUT2D eigenvalue weighted by Gasteiger charge is 2.48. The van der Waals surface area contributed by atoms with Gasteiger partial charge < -0.3 is 134 Å². The monoisotopic (exact) mass is 1530 g/mol. The van der Waals surface area contributed by atoms with E-state index in [1.165, 1.54) is 20.8 Å². The summed E-state index contributed by atoms with van der Waals surface area (Å²) in [5.41, 5.74) is -1.22. The van der Waals surface area contributed by atoms with Crippen molar-refractivity contribution in [2.75, 3.05) is 139 Å². The van der Waals surface area contributed by atoms with Crippen molar-refractivity contribution in [3.05, 3.63) is 0 Å². The molecule has 3 fully saturated rings. The number of carbonyl (C=O) groups excluding carboxylic acids is 8. The Labute approximate surface area is 623 Å². The molecule has 0 aromatic rings. The van der Waals surface area contributed by atoms with Gasteiger partial charge in [-0.05, 0) is 57.3 Å². The van der Waals surface area contributed by atoms with Gasteiger partial charge in [0.1, 0.15) is 90.4 Å². The molecule has 618 valence electrons. The van der Waals surface area contributed by atoms with Crippen LogP contribution in [0, 0.1) is 5.92 Å². The number of aliphatic hydroxyl groups is 9. The summed E-state index contributed by atoms with van der Waals surface area (Å²) in [7, 11) is 1.66. The summed E-state index contributed by atoms with van der Waals surface area (Å²) in [6.07, 6.45) is -9.49. The maximum Gasteiger partial charge on any atom is 0.220 e. The molecule has 0 saturated carbocycles. The second kappa shape index (κ2) is 58.4. The van der Waals surface area contributed by atoms with Crippen LogP contribution in [0.25, 0.3) is 0 Å². The van der Waals surface area contributed by atoms with Crippen LogP contribution in [-0.4, -0.2) is 329 Å². The Balaban J connectivity index is 0.00000928. The maximum absolute atomic E-state index is 14.0. The SMILES string of the molecule is CC(C)C.COCCCCCCCC(=O)CCCC(=O)NC(CCC(=O)CCCOCCOCCOC1OC(CO)C(O)C(O)C1NC(C)=O)(CCC(=O)CCCOCCOCCOC1OC(CO)C(O)C(O)C1NC(C)=O)CCC(=O)NCCOCCOCCOC1OC(CO)C(O)C(O)C1NC(C)=O. The van der Waals surface area contributed by atoms with Gasteiger partial charge in [0.25, 0.3) is 0 Å². The second-order valence-corrected chi connectivity index (χ2v) is 27.2. The first-order chi connectivity index (χ1) is 50.7. The lowest BCUT2D eigenvalue weighted by Crippen LogP contribution is -2.64. The minimum absolute atomic E-state index is 0.0224. The van der Waals surface area contributed by atoms with Crippen LogP contribution in [0.5, 0.6) is 0 Å². The first-order valence-corrected chi connectivity index (χ1v) is 37.3. The van der Waals surface area contributed by atoms with Crippen LogP contribution in [0.2, 0.25) is 0 Å². The molecule has 3 aliphatic rings. The van der Waals surface area contributed by atoms with Crippen LogP contribution in [0.4, 0.5) is 0 Å². The molecule has 3 saturated heterocycles. The Kier molecular flexibility index (Phi) is 53.8. The lowest BCUT2D eigenvalue weighted by Gasteiger charge is -2.42. The fourth-order valence-corrected chi connectivity index (χ4v) is 11.5. The molecule has 0 aromatic heterocycles. The highest BCUT2D eigenvalue weighted by molar-refractivity contribution is 5.82. The third kappa shape index (κ3) is 42.6. The molecule has 5 amide bonds. The minimum Gasteiger partial charge on any atom is -0.394 e. The Hall–Kier alpha value is -4.52. The van der Waals surface area contributed by atoms with Gasteiger partial charge in [-0.1, -0.05) is 40.0 Å². The average Bonchev–Trinajstić information content (AvgIpc) is 0.826. The molecule has 0 bridgehead atoms. The molecular weight excluding hydrogens is 1400 g/mol. The van der Waals surface area contributed by atoms with Crippen molar-refractivity contribution in [1.29, 1.82) is 0 Å². The zero-order valence-corrected chi connectivity index (χ0v) is 63.4. The summed E-state index contributed by atoms with van der Waals surface area (Å²) in [6.45, 7) is 10.5. The molecule has 15 atom stereocenters. The van der Waals surface area contributed by atoms with Crippen molar-refractivity contribution < 1.29 is 146 Å². The van der Waals surface area contributed by atoms with Crippen molar-refractivity contribution in [3.63, 3.8) is 0 Å². The first-order valence-electron chi connectivity index (χ1n) is 37.3. The van der Waals surface area contributed by atoms with E-state index in [1.54, 1.807) is 7.11 Å². The highest BCUT2D eigenvalue weighted by Crippen LogP contribution is 2.29. The van der Waals surface area contributed by atoms with E-state index in [1.807, 2.05) is 0 Å². The number of Topliss-reactive ketones (excluding diaryl/α,β-unsaturated/α-hetero) is 3. The van der Waals surface area contributed by atoms with E-state index in [0.717, 1.165) is 38.0 Å². The standard InChI is InChI=1S/C67H119N5O30.C4H10/c1-44(76)69-55-61(87)58(84)50(41-73)100-64(55)97-38-35-94-32-29-91-26-11-15-48(80)18-21-67(72-54(83)17-10-14-47(79)13-8-6-5-7-9-25-90-4,22-19-49(81)16-12-27-92-30-33-95-36-39-98-65-56(70-45(2)77)62(88)59(85)51(42-74)101-65)23-20-53(82)68-24-28-93-31-34-96-37-40-99-66-57(71-46(3)78)63(89)60(86)52(43-75)102-66;1-4(2)3/h50-52,55-66,73-75,84-89H,5-43H2,1-4H3,(H,68,82)(H,69,76)(H,70,77)(H,71,78)(H,72,83);4H,1-3H3. The van der Waals surface area contributed by atoms with Crippen molar-refractivity contribution in [2.24, 2.45) is 5.92 Å². The first kappa shape index (κ1) is 97.6. The molecule has 35 heteroatoms. The average molecular weight is 1530 g/mol. The van der Waals surface area contributed by atoms with Gasteiger partial charge in [-0.2, -0.15) is 0 Å². The summed E-state index contributed by atoms with van der Waals surface area (Å²) < 4.78 is 72.6. The van der Waals surface area contributed by atoms with Gasteiger partial charge in [0.15, 0.2) is 18.9 Å². The largest absolute Gasteiger partial charge is 0.394 e. The van der Waals surface area contributed by atoms with Gasteiger partial charge in [0, 0.05) is 111 Å². The normalized spacial score (nSPS) is 25.0. The minimum atomic E-state index is -1.47. The van der Waals surface area contributed by atoms with Gasteiger partial charge in [-0.15, -0.1) is 0 Å². The summed E-state index contributed by atoms with van der Waals surface area (Å²) >= 11 is 0. The number of aliphatic hydroxyl groups excluding tert-OH is 9. The van der Waals surface area contributed by atoms with E-state index in [-0.39, 0.29) is 194 Å². The van der Waals surface area contributed by atoms with Crippen molar-refractivity contribution in [2.45, 2.75) is 261 Å². The number of unbranched alkanes of at least 4 members (excludes halogenated alkanes) is 4.